The van der Waals surface area contributed by atoms with Gasteiger partial charge in [0.15, 0.2) is 0 Å². The van der Waals surface area contributed by atoms with Gasteiger partial charge in [-0.15, -0.1) is 0 Å². The maximum absolute atomic E-state index is 10.8. The van der Waals surface area contributed by atoms with E-state index in [1.807, 2.05) is 30.3 Å². The molecule has 0 heterocycles. The van der Waals surface area contributed by atoms with Crippen LogP contribution in [-0.2, 0) is 4.79 Å². The molecule has 0 spiro atoms. The summed E-state index contributed by atoms with van der Waals surface area (Å²) in [5.74, 6) is 1.17. The Bertz CT molecular complexity index is 544. The van der Waals surface area contributed by atoms with Crippen LogP contribution in [0.3, 0.4) is 0 Å². The third kappa shape index (κ3) is 5.42. The third-order valence-electron chi connectivity index (χ3n) is 3.40. The van der Waals surface area contributed by atoms with E-state index in [2.05, 4.69) is 24.3 Å². The number of benzene rings is 2. The molecule has 0 amide bonds. The van der Waals surface area contributed by atoms with E-state index in [0.717, 1.165) is 25.0 Å². The molecule has 2 heteroatoms. The van der Waals surface area contributed by atoms with E-state index >= 15 is 0 Å². The van der Waals surface area contributed by atoms with E-state index < -0.39 is 0 Å². The van der Waals surface area contributed by atoms with Crippen LogP contribution in [0.25, 0.3) is 11.1 Å². The fraction of sp³-hybridized carbons (Fsp3) is 0.316. The van der Waals surface area contributed by atoms with Crippen molar-refractivity contribution in [2.24, 2.45) is 0 Å². The summed E-state index contributed by atoms with van der Waals surface area (Å²) in [5, 5.41) is 0. The molecular formula is C19H22O2. The summed E-state index contributed by atoms with van der Waals surface area (Å²) in [5.41, 5.74) is 2.41. The third-order valence-corrected chi connectivity index (χ3v) is 3.40. The van der Waals surface area contributed by atoms with E-state index in [1.54, 1.807) is 6.92 Å². The van der Waals surface area contributed by atoms with Crippen LogP contribution in [0.5, 0.6) is 5.75 Å². The van der Waals surface area contributed by atoms with Gasteiger partial charge in [0, 0.05) is 6.42 Å². The molecule has 0 radical (unpaired) electrons. The average molecular weight is 282 g/mol. The Morgan fingerprint density at radius 1 is 0.857 bits per heavy atom. The predicted molar refractivity (Wildman–Crippen MR) is 86.5 cm³/mol. The molecule has 0 aromatic heterocycles. The molecule has 0 aliphatic rings. The predicted octanol–water partition coefficient (Wildman–Crippen LogP) is 4.88. The van der Waals surface area contributed by atoms with Gasteiger partial charge in [0.1, 0.15) is 11.5 Å². The van der Waals surface area contributed by atoms with Crippen LogP contribution >= 0.6 is 0 Å². The summed E-state index contributed by atoms with van der Waals surface area (Å²) in [7, 11) is 0. The minimum absolute atomic E-state index is 0.271. The van der Waals surface area contributed by atoms with Crippen LogP contribution in [0.1, 0.15) is 32.6 Å². The van der Waals surface area contributed by atoms with Crippen molar-refractivity contribution in [1.29, 1.82) is 0 Å². The highest BCUT2D eigenvalue weighted by atomic mass is 16.5. The first-order valence-corrected chi connectivity index (χ1v) is 7.53. The molecule has 2 aromatic rings. The number of hydrogen-bond donors (Lipinski definition) is 0. The largest absolute Gasteiger partial charge is 0.494 e. The summed E-state index contributed by atoms with van der Waals surface area (Å²) in [4.78, 5) is 10.8. The van der Waals surface area contributed by atoms with Crippen molar-refractivity contribution < 1.29 is 9.53 Å². The van der Waals surface area contributed by atoms with Crippen molar-refractivity contribution in [3.05, 3.63) is 54.6 Å². The fourth-order valence-corrected chi connectivity index (χ4v) is 2.22. The van der Waals surface area contributed by atoms with Crippen LogP contribution in [0.4, 0.5) is 0 Å². The van der Waals surface area contributed by atoms with E-state index in [4.69, 9.17) is 4.74 Å². The molecule has 2 rings (SSSR count). The number of ketones is 1. The Hall–Kier alpha value is -2.09. The van der Waals surface area contributed by atoms with Gasteiger partial charge < -0.3 is 9.53 Å². The van der Waals surface area contributed by atoms with Crippen molar-refractivity contribution >= 4 is 5.78 Å². The van der Waals surface area contributed by atoms with Crippen molar-refractivity contribution in [2.45, 2.75) is 32.6 Å². The number of unbranched alkanes of at least 4 members (excludes halogenated alkanes) is 2. The molecule has 2 aromatic carbocycles. The number of Topliss-reactive ketones (excluding diaryl/α,β-unsaturated/α-hetero) is 1. The topological polar surface area (TPSA) is 26.3 Å². The van der Waals surface area contributed by atoms with Crippen LogP contribution in [-0.4, -0.2) is 12.4 Å². The van der Waals surface area contributed by atoms with Gasteiger partial charge in [0.25, 0.3) is 0 Å². The molecule has 0 aliphatic carbocycles. The van der Waals surface area contributed by atoms with E-state index in [-0.39, 0.29) is 5.78 Å². The Balaban J connectivity index is 1.74. The highest BCUT2D eigenvalue weighted by Gasteiger charge is 1.99. The van der Waals surface area contributed by atoms with Gasteiger partial charge in [0.05, 0.1) is 6.61 Å². The lowest BCUT2D eigenvalue weighted by Gasteiger charge is -2.07. The average Bonchev–Trinajstić information content (AvgIpc) is 2.52. The first kappa shape index (κ1) is 15.3. The Labute approximate surface area is 126 Å². The second-order valence-corrected chi connectivity index (χ2v) is 5.25. The number of carbonyl (C=O) groups excluding carboxylic acids is 1. The highest BCUT2D eigenvalue weighted by Crippen LogP contribution is 2.22. The van der Waals surface area contributed by atoms with Crippen LogP contribution in [0.15, 0.2) is 54.6 Å². The number of rotatable bonds is 8. The second kappa shape index (κ2) is 8.25. The molecule has 0 N–H and O–H groups in total. The van der Waals surface area contributed by atoms with Crippen LogP contribution in [0.2, 0.25) is 0 Å². The fourth-order valence-electron chi connectivity index (χ4n) is 2.22. The molecule has 2 nitrogen and oxygen atoms in total. The van der Waals surface area contributed by atoms with Gasteiger partial charge >= 0.3 is 0 Å². The molecule has 0 saturated heterocycles. The molecule has 0 aliphatic heterocycles. The van der Waals surface area contributed by atoms with Crippen LogP contribution < -0.4 is 4.74 Å². The molecule has 0 atom stereocenters. The molecule has 21 heavy (non-hydrogen) atoms. The highest BCUT2D eigenvalue weighted by molar-refractivity contribution is 5.75. The van der Waals surface area contributed by atoms with Crippen molar-refractivity contribution in [2.75, 3.05) is 6.61 Å². The number of ether oxygens (including phenoxy) is 1. The molecule has 0 unspecified atom stereocenters. The van der Waals surface area contributed by atoms with Crippen LogP contribution in [0, 0.1) is 0 Å². The van der Waals surface area contributed by atoms with Crippen molar-refractivity contribution in [3.8, 4) is 16.9 Å². The van der Waals surface area contributed by atoms with Crippen molar-refractivity contribution in [1.82, 2.24) is 0 Å². The summed E-state index contributed by atoms with van der Waals surface area (Å²) in [6, 6.07) is 18.5. The summed E-state index contributed by atoms with van der Waals surface area (Å²) < 4.78 is 5.72. The maximum Gasteiger partial charge on any atom is 0.129 e. The number of hydrogen-bond acceptors (Lipinski definition) is 2. The monoisotopic (exact) mass is 282 g/mol. The Morgan fingerprint density at radius 3 is 2.19 bits per heavy atom. The standard InChI is InChI=1S/C19H22O2/c1-16(20)8-4-3-7-15-21-19-13-11-18(12-14-19)17-9-5-2-6-10-17/h2,5-6,9-14H,3-4,7-8,15H2,1H3. The van der Waals surface area contributed by atoms with Gasteiger partial charge in [-0.1, -0.05) is 42.5 Å². The van der Waals surface area contributed by atoms with Gasteiger partial charge in [-0.3, -0.25) is 0 Å². The lowest BCUT2D eigenvalue weighted by molar-refractivity contribution is -0.117. The molecule has 0 fully saturated rings. The van der Waals surface area contributed by atoms with Crippen molar-refractivity contribution in [3.63, 3.8) is 0 Å². The summed E-state index contributed by atoms with van der Waals surface area (Å²) >= 11 is 0. The van der Waals surface area contributed by atoms with E-state index in [9.17, 15) is 4.79 Å². The molecule has 110 valence electrons. The normalized spacial score (nSPS) is 10.3. The first-order valence-electron chi connectivity index (χ1n) is 7.53. The Morgan fingerprint density at radius 2 is 1.52 bits per heavy atom. The number of carbonyl (C=O) groups is 1. The van der Waals surface area contributed by atoms with Gasteiger partial charge in [-0.25, -0.2) is 0 Å². The summed E-state index contributed by atoms with van der Waals surface area (Å²) in [6.45, 7) is 2.35. The second-order valence-electron chi connectivity index (χ2n) is 5.25. The lowest BCUT2D eigenvalue weighted by atomic mass is 10.1. The van der Waals surface area contributed by atoms with E-state index in [1.165, 1.54) is 11.1 Å². The molecule has 0 bridgehead atoms. The molecule has 0 saturated carbocycles. The molecular weight excluding hydrogens is 260 g/mol. The summed E-state index contributed by atoms with van der Waals surface area (Å²) in [6.07, 6.45) is 3.69. The van der Waals surface area contributed by atoms with Gasteiger partial charge in [-0.05, 0) is 49.4 Å². The zero-order chi connectivity index (χ0) is 14.9. The zero-order valence-corrected chi connectivity index (χ0v) is 12.5. The quantitative estimate of drug-likeness (QED) is 0.645. The zero-order valence-electron chi connectivity index (χ0n) is 12.5. The maximum atomic E-state index is 10.8. The van der Waals surface area contributed by atoms with Gasteiger partial charge in [-0.2, -0.15) is 0 Å². The smallest absolute Gasteiger partial charge is 0.129 e. The first-order chi connectivity index (χ1) is 10.3. The van der Waals surface area contributed by atoms with Gasteiger partial charge in [0.2, 0.25) is 0 Å². The Kier molecular flexibility index (Phi) is 6.01. The lowest BCUT2D eigenvalue weighted by Crippen LogP contribution is -1.98. The minimum Gasteiger partial charge on any atom is -0.494 e. The minimum atomic E-state index is 0.271. The van der Waals surface area contributed by atoms with E-state index in [0.29, 0.717) is 13.0 Å². The SMILES string of the molecule is CC(=O)CCCCCOc1ccc(-c2ccccc2)cc1.